The van der Waals surface area contributed by atoms with Crippen LogP contribution in [0.4, 0.5) is 0 Å². The minimum Gasteiger partial charge on any atom is -0.352 e. The topological polar surface area (TPSA) is 29.1 Å². The number of rotatable bonds is 7. The van der Waals surface area contributed by atoms with Gasteiger partial charge in [0.25, 0.3) is 0 Å². The molecule has 0 saturated heterocycles. The quantitative estimate of drug-likeness (QED) is 0.539. The SMILES string of the molecule is CCCCCCC(Cl)C(=O)NC1CCCC1. The Hall–Kier alpha value is -0.240. The standard InChI is InChI=1S/C13H24ClNO/c1-2-3-4-5-10-12(14)13(16)15-11-8-6-7-9-11/h11-12H,2-10H2,1H3,(H,15,16). The van der Waals surface area contributed by atoms with Gasteiger partial charge in [-0.15, -0.1) is 11.6 Å². The fraction of sp³-hybridized carbons (Fsp3) is 0.923. The van der Waals surface area contributed by atoms with E-state index < -0.39 is 0 Å². The van der Waals surface area contributed by atoms with Crippen molar-refractivity contribution in [1.82, 2.24) is 5.32 Å². The molecule has 0 aliphatic heterocycles. The van der Waals surface area contributed by atoms with Gasteiger partial charge in [0, 0.05) is 6.04 Å². The highest BCUT2D eigenvalue weighted by Crippen LogP contribution is 2.18. The Morgan fingerprint density at radius 3 is 2.62 bits per heavy atom. The van der Waals surface area contributed by atoms with E-state index in [1.807, 2.05) is 0 Å². The smallest absolute Gasteiger partial charge is 0.238 e. The lowest BCUT2D eigenvalue weighted by molar-refractivity contribution is -0.121. The average Bonchev–Trinajstić information content (AvgIpc) is 2.76. The predicted octanol–water partition coefficient (Wildman–Crippen LogP) is 3.62. The molecule has 0 aromatic rings. The van der Waals surface area contributed by atoms with Crippen molar-refractivity contribution in [3.63, 3.8) is 0 Å². The summed E-state index contributed by atoms with van der Waals surface area (Å²) < 4.78 is 0. The van der Waals surface area contributed by atoms with Gasteiger partial charge in [-0.2, -0.15) is 0 Å². The van der Waals surface area contributed by atoms with Crippen LogP contribution in [-0.2, 0) is 4.79 Å². The molecular weight excluding hydrogens is 222 g/mol. The maximum Gasteiger partial charge on any atom is 0.238 e. The number of hydrogen-bond acceptors (Lipinski definition) is 1. The zero-order valence-electron chi connectivity index (χ0n) is 10.3. The van der Waals surface area contributed by atoms with Crippen LogP contribution in [0.3, 0.4) is 0 Å². The van der Waals surface area contributed by atoms with Gasteiger partial charge in [0.2, 0.25) is 5.91 Å². The van der Waals surface area contributed by atoms with Crippen molar-refractivity contribution in [2.75, 3.05) is 0 Å². The molecule has 1 fully saturated rings. The third-order valence-corrected chi connectivity index (χ3v) is 3.71. The Morgan fingerprint density at radius 2 is 2.00 bits per heavy atom. The van der Waals surface area contributed by atoms with Crippen LogP contribution in [0.1, 0.15) is 64.7 Å². The molecule has 1 rings (SSSR count). The molecule has 3 heteroatoms. The Balaban J connectivity index is 2.09. The van der Waals surface area contributed by atoms with Crippen LogP contribution in [0.2, 0.25) is 0 Å². The first-order valence-electron chi connectivity index (χ1n) is 6.68. The van der Waals surface area contributed by atoms with Gasteiger partial charge >= 0.3 is 0 Å². The highest BCUT2D eigenvalue weighted by molar-refractivity contribution is 6.30. The van der Waals surface area contributed by atoms with Crippen molar-refractivity contribution in [2.24, 2.45) is 0 Å². The van der Waals surface area contributed by atoms with Crippen LogP contribution in [0.25, 0.3) is 0 Å². The van der Waals surface area contributed by atoms with Gasteiger partial charge in [-0.25, -0.2) is 0 Å². The van der Waals surface area contributed by atoms with E-state index in [0.717, 1.165) is 25.7 Å². The highest BCUT2D eigenvalue weighted by Gasteiger charge is 2.21. The highest BCUT2D eigenvalue weighted by atomic mass is 35.5. The van der Waals surface area contributed by atoms with E-state index in [2.05, 4.69) is 12.2 Å². The zero-order valence-corrected chi connectivity index (χ0v) is 11.1. The molecule has 1 unspecified atom stereocenters. The van der Waals surface area contributed by atoms with Gasteiger partial charge in [0.1, 0.15) is 5.38 Å². The summed E-state index contributed by atoms with van der Waals surface area (Å²) in [4.78, 5) is 11.7. The lowest BCUT2D eigenvalue weighted by atomic mass is 10.1. The molecule has 16 heavy (non-hydrogen) atoms. The van der Waals surface area contributed by atoms with Crippen molar-refractivity contribution in [2.45, 2.75) is 76.1 Å². The van der Waals surface area contributed by atoms with E-state index in [-0.39, 0.29) is 11.3 Å². The molecule has 0 heterocycles. The molecule has 1 amide bonds. The molecule has 0 aromatic carbocycles. The maximum atomic E-state index is 11.7. The fourth-order valence-corrected chi connectivity index (χ4v) is 2.46. The second-order valence-electron chi connectivity index (χ2n) is 4.81. The van der Waals surface area contributed by atoms with Crippen LogP contribution in [0.15, 0.2) is 0 Å². The minimum atomic E-state index is -0.322. The molecule has 1 atom stereocenters. The molecule has 0 aromatic heterocycles. The molecule has 0 radical (unpaired) electrons. The van der Waals surface area contributed by atoms with E-state index in [1.165, 1.54) is 32.1 Å². The monoisotopic (exact) mass is 245 g/mol. The first-order valence-corrected chi connectivity index (χ1v) is 7.12. The van der Waals surface area contributed by atoms with Crippen molar-refractivity contribution >= 4 is 17.5 Å². The molecule has 1 N–H and O–H groups in total. The number of unbranched alkanes of at least 4 members (excludes halogenated alkanes) is 3. The summed E-state index contributed by atoms with van der Waals surface area (Å²) in [6, 6.07) is 0.393. The van der Waals surface area contributed by atoms with Gasteiger partial charge < -0.3 is 5.32 Å². The summed E-state index contributed by atoms with van der Waals surface area (Å²) in [5, 5.41) is 2.73. The Bertz CT molecular complexity index is 202. The minimum absolute atomic E-state index is 0.0464. The van der Waals surface area contributed by atoms with Crippen molar-refractivity contribution < 1.29 is 4.79 Å². The Kier molecular flexibility index (Phi) is 6.86. The van der Waals surface area contributed by atoms with E-state index in [0.29, 0.717) is 6.04 Å². The van der Waals surface area contributed by atoms with Crippen LogP contribution in [0, 0.1) is 0 Å². The molecule has 1 aliphatic rings. The largest absolute Gasteiger partial charge is 0.352 e. The summed E-state index contributed by atoms with van der Waals surface area (Å²) in [5.41, 5.74) is 0. The van der Waals surface area contributed by atoms with Crippen LogP contribution < -0.4 is 5.32 Å². The zero-order chi connectivity index (χ0) is 11.8. The van der Waals surface area contributed by atoms with E-state index in [9.17, 15) is 4.79 Å². The molecule has 0 spiro atoms. The van der Waals surface area contributed by atoms with Crippen molar-refractivity contribution in [3.05, 3.63) is 0 Å². The average molecular weight is 246 g/mol. The van der Waals surface area contributed by atoms with Gasteiger partial charge in [-0.1, -0.05) is 45.4 Å². The number of halogens is 1. The number of carbonyl (C=O) groups excluding carboxylic acids is 1. The van der Waals surface area contributed by atoms with E-state index >= 15 is 0 Å². The molecule has 1 saturated carbocycles. The fourth-order valence-electron chi connectivity index (χ4n) is 2.24. The second-order valence-corrected chi connectivity index (χ2v) is 5.33. The lowest BCUT2D eigenvalue weighted by Crippen LogP contribution is -2.37. The third kappa shape index (κ3) is 5.20. The number of hydrogen-bond donors (Lipinski definition) is 1. The lowest BCUT2D eigenvalue weighted by Gasteiger charge is -2.15. The van der Waals surface area contributed by atoms with Crippen LogP contribution in [0.5, 0.6) is 0 Å². The normalized spacial score (nSPS) is 18.6. The van der Waals surface area contributed by atoms with Gasteiger partial charge in [-0.3, -0.25) is 4.79 Å². The van der Waals surface area contributed by atoms with Gasteiger partial charge in [-0.05, 0) is 19.3 Å². The molecular formula is C13H24ClNO. The van der Waals surface area contributed by atoms with Crippen molar-refractivity contribution in [1.29, 1.82) is 0 Å². The first kappa shape index (κ1) is 13.8. The van der Waals surface area contributed by atoms with E-state index in [4.69, 9.17) is 11.6 Å². The number of nitrogens with one attached hydrogen (secondary N) is 1. The van der Waals surface area contributed by atoms with Gasteiger partial charge in [0.05, 0.1) is 0 Å². The first-order chi connectivity index (χ1) is 7.74. The summed E-state index contributed by atoms with van der Waals surface area (Å²) >= 11 is 6.08. The predicted molar refractivity (Wildman–Crippen MR) is 68.8 cm³/mol. The van der Waals surface area contributed by atoms with Gasteiger partial charge in [0.15, 0.2) is 0 Å². The van der Waals surface area contributed by atoms with Crippen LogP contribution >= 0.6 is 11.6 Å². The number of alkyl halides is 1. The summed E-state index contributed by atoms with van der Waals surface area (Å²) in [6.07, 6.45) is 10.3. The summed E-state index contributed by atoms with van der Waals surface area (Å²) in [6.45, 7) is 2.19. The Labute approximate surface area is 104 Å². The second kappa shape index (κ2) is 7.94. The summed E-state index contributed by atoms with van der Waals surface area (Å²) in [7, 11) is 0. The van der Waals surface area contributed by atoms with E-state index in [1.54, 1.807) is 0 Å². The summed E-state index contributed by atoms with van der Waals surface area (Å²) in [5.74, 6) is 0.0464. The third-order valence-electron chi connectivity index (χ3n) is 3.30. The number of amides is 1. The van der Waals surface area contributed by atoms with Crippen LogP contribution in [-0.4, -0.2) is 17.3 Å². The molecule has 2 nitrogen and oxygen atoms in total. The molecule has 1 aliphatic carbocycles. The maximum absolute atomic E-state index is 11.7. The molecule has 0 bridgehead atoms. The Morgan fingerprint density at radius 1 is 1.31 bits per heavy atom. The molecule has 94 valence electrons. The van der Waals surface area contributed by atoms with Crippen molar-refractivity contribution in [3.8, 4) is 0 Å². The number of carbonyl (C=O) groups is 1.